The summed E-state index contributed by atoms with van der Waals surface area (Å²) in [5.74, 6) is 0.558. The first-order chi connectivity index (χ1) is 15.9. The Labute approximate surface area is 195 Å². The molecule has 33 heavy (non-hydrogen) atoms. The number of nitrogens with zero attached hydrogens (tertiary/aromatic N) is 3. The highest BCUT2D eigenvalue weighted by atomic mass is 32.2. The van der Waals surface area contributed by atoms with Crippen molar-refractivity contribution < 1.29 is 14.7 Å². The predicted octanol–water partition coefficient (Wildman–Crippen LogP) is 4.96. The molecule has 0 saturated carbocycles. The summed E-state index contributed by atoms with van der Waals surface area (Å²) < 4.78 is 1.89. The Balaban J connectivity index is 1.58. The van der Waals surface area contributed by atoms with Gasteiger partial charge >= 0.3 is 0 Å². The number of benzene rings is 3. The molecule has 166 valence electrons. The Bertz CT molecular complexity index is 1270. The minimum absolute atomic E-state index is 0.0264. The van der Waals surface area contributed by atoms with Gasteiger partial charge in [0, 0.05) is 22.5 Å². The number of aromatic nitrogens is 3. The first kappa shape index (κ1) is 22.3. The van der Waals surface area contributed by atoms with Gasteiger partial charge in [0.25, 0.3) is 0 Å². The van der Waals surface area contributed by atoms with Crippen LogP contribution in [0.5, 0.6) is 5.75 Å². The van der Waals surface area contributed by atoms with E-state index in [1.165, 1.54) is 18.7 Å². The van der Waals surface area contributed by atoms with Crippen LogP contribution in [0.3, 0.4) is 0 Å². The lowest BCUT2D eigenvalue weighted by molar-refractivity contribution is -0.115. The molecular formula is C25H22N4O3S. The van der Waals surface area contributed by atoms with Crippen LogP contribution in [-0.2, 0) is 4.79 Å². The number of rotatable bonds is 7. The first-order valence-corrected chi connectivity index (χ1v) is 11.2. The number of hydrogen-bond acceptors (Lipinski definition) is 6. The highest BCUT2D eigenvalue weighted by Gasteiger charge is 2.22. The number of aromatic hydroxyl groups is 1. The molecule has 4 rings (SSSR count). The quantitative estimate of drug-likeness (QED) is 0.300. The molecule has 2 N–H and O–H groups in total. The molecule has 0 spiro atoms. The zero-order chi connectivity index (χ0) is 23.4. The summed E-state index contributed by atoms with van der Waals surface area (Å²) in [6.45, 7) is 3.30. The molecule has 0 bridgehead atoms. The van der Waals surface area contributed by atoms with Crippen LogP contribution in [0.15, 0.2) is 84.0 Å². The van der Waals surface area contributed by atoms with Gasteiger partial charge < -0.3 is 10.4 Å². The Kier molecular flexibility index (Phi) is 6.55. The number of amides is 1. The van der Waals surface area contributed by atoms with E-state index in [1.807, 2.05) is 34.9 Å². The van der Waals surface area contributed by atoms with Crippen molar-refractivity contribution in [2.24, 2.45) is 0 Å². The largest absolute Gasteiger partial charge is 0.508 e. The number of Topliss-reactive ketones (excluding diaryl/α,β-unsaturated/α-hetero) is 1. The number of nitrogens with one attached hydrogen (secondary N) is 1. The minimum Gasteiger partial charge on any atom is -0.508 e. The molecular weight excluding hydrogens is 436 g/mol. The number of ketones is 1. The van der Waals surface area contributed by atoms with E-state index in [4.69, 9.17) is 0 Å². The van der Waals surface area contributed by atoms with Crippen molar-refractivity contribution in [2.75, 3.05) is 5.32 Å². The summed E-state index contributed by atoms with van der Waals surface area (Å²) in [6, 6.07) is 23.2. The normalized spacial score (nSPS) is 11.7. The number of anilines is 1. The Morgan fingerprint density at radius 3 is 2.24 bits per heavy atom. The standard InChI is InChI=1S/C25H22N4O3S/c1-16(30)18-8-12-20(13-9-18)26-24(32)17(2)33-25-28-27-23(19-10-14-22(31)15-11-19)29(25)21-6-4-3-5-7-21/h3-15,17,31H,1-2H3,(H,26,32)/t17-/m0/s1. The summed E-state index contributed by atoms with van der Waals surface area (Å²) in [5.41, 5.74) is 2.86. The molecule has 3 aromatic carbocycles. The number of carbonyl (C=O) groups excluding carboxylic acids is 2. The summed E-state index contributed by atoms with van der Waals surface area (Å²) in [4.78, 5) is 24.3. The second-order valence-electron chi connectivity index (χ2n) is 7.41. The number of phenolic OH excluding ortho intramolecular Hbond substituents is 1. The average Bonchev–Trinajstić information content (AvgIpc) is 3.23. The maximum atomic E-state index is 12.8. The van der Waals surface area contributed by atoms with Crippen molar-refractivity contribution in [3.63, 3.8) is 0 Å². The maximum absolute atomic E-state index is 12.8. The van der Waals surface area contributed by atoms with Crippen molar-refractivity contribution in [3.8, 4) is 22.8 Å². The van der Waals surface area contributed by atoms with E-state index in [1.54, 1.807) is 55.5 Å². The monoisotopic (exact) mass is 458 g/mol. The molecule has 0 aliphatic carbocycles. The third-order valence-corrected chi connectivity index (χ3v) is 6.03. The summed E-state index contributed by atoms with van der Waals surface area (Å²) in [6.07, 6.45) is 0. The predicted molar refractivity (Wildman–Crippen MR) is 129 cm³/mol. The van der Waals surface area contributed by atoms with Gasteiger partial charge in [-0.3, -0.25) is 14.2 Å². The first-order valence-electron chi connectivity index (χ1n) is 10.3. The number of para-hydroxylation sites is 1. The van der Waals surface area contributed by atoms with Gasteiger partial charge in [0.15, 0.2) is 16.8 Å². The fourth-order valence-electron chi connectivity index (χ4n) is 3.20. The number of hydrogen-bond donors (Lipinski definition) is 2. The molecule has 0 unspecified atom stereocenters. The van der Waals surface area contributed by atoms with Crippen LogP contribution in [0.1, 0.15) is 24.2 Å². The van der Waals surface area contributed by atoms with E-state index in [0.717, 1.165) is 11.3 Å². The third kappa shape index (κ3) is 5.12. The minimum atomic E-state index is -0.461. The van der Waals surface area contributed by atoms with Crippen LogP contribution in [0.25, 0.3) is 17.1 Å². The van der Waals surface area contributed by atoms with E-state index in [0.29, 0.717) is 22.2 Å². The highest BCUT2D eigenvalue weighted by Crippen LogP contribution is 2.31. The smallest absolute Gasteiger partial charge is 0.237 e. The molecule has 1 amide bonds. The lowest BCUT2D eigenvalue weighted by atomic mass is 10.1. The molecule has 0 saturated heterocycles. The zero-order valence-corrected chi connectivity index (χ0v) is 18.9. The molecule has 1 atom stereocenters. The Hall–Kier alpha value is -3.91. The van der Waals surface area contributed by atoms with Gasteiger partial charge in [-0.05, 0) is 74.5 Å². The molecule has 0 aliphatic heterocycles. The van der Waals surface area contributed by atoms with Crippen molar-refractivity contribution in [2.45, 2.75) is 24.3 Å². The molecule has 0 aliphatic rings. The van der Waals surface area contributed by atoms with Crippen LogP contribution in [0.2, 0.25) is 0 Å². The summed E-state index contributed by atoms with van der Waals surface area (Å²) >= 11 is 1.29. The second kappa shape index (κ2) is 9.70. The molecule has 0 fully saturated rings. The lowest BCUT2D eigenvalue weighted by Crippen LogP contribution is -2.23. The molecule has 1 aromatic heterocycles. The molecule has 0 radical (unpaired) electrons. The second-order valence-corrected chi connectivity index (χ2v) is 8.71. The topological polar surface area (TPSA) is 97.1 Å². The maximum Gasteiger partial charge on any atom is 0.237 e. The van der Waals surface area contributed by atoms with Gasteiger partial charge in [-0.1, -0.05) is 30.0 Å². The van der Waals surface area contributed by atoms with Crippen molar-refractivity contribution >= 4 is 29.1 Å². The van der Waals surface area contributed by atoms with Gasteiger partial charge in [-0.2, -0.15) is 0 Å². The Morgan fingerprint density at radius 1 is 0.939 bits per heavy atom. The van der Waals surface area contributed by atoms with Crippen molar-refractivity contribution in [1.82, 2.24) is 14.8 Å². The van der Waals surface area contributed by atoms with Crippen LogP contribution in [-0.4, -0.2) is 36.8 Å². The van der Waals surface area contributed by atoms with Gasteiger partial charge in [-0.15, -0.1) is 10.2 Å². The van der Waals surface area contributed by atoms with E-state index >= 15 is 0 Å². The van der Waals surface area contributed by atoms with Crippen LogP contribution < -0.4 is 5.32 Å². The summed E-state index contributed by atoms with van der Waals surface area (Å²) in [7, 11) is 0. The van der Waals surface area contributed by atoms with Crippen molar-refractivity contribution in [1.29, 1.82) is 0 Å². The Morgan fingerprint density at radius 2 is 1.61 bits per heavy atom. The SMILES string of the molecule is CC(=O)c1ccc(NC(=O)[C@H](C)Sc2nnc(-c3ccc(O)cc3)n2-c2ccccc2)cc1. The lowest BCUT2D eigenvalue weighted by Gasteiger charge is -2.14. The van der Waals surface area contributed by atoms with Gasteiger partial charge in [0.1, 0.15) is 5.75 Å². The third-order valence-electron chi connectivity index (χ3n) is 4.98. The molecule has 1 heterocycles. The molecule has 8 heteroatoms. The summed E-state index contributed by atoms with van der Waals surface area (Å²) in [5, 5.41) is 21.3. The van der Waals surface area contributed by atoms with E-state index < -0.39 is 5.25 Å². The van der Waals surface area contributed by atoms with E-state index in [9.17, 15) is 14.7 Å². The zero-order valence-electron chi connectivity index (χ0n) is 18.1. The number of thioether (sulfide) groups is 1. The van der Waals surface area contributed by atoms with E-state index in [2.05, 4.69) is 15.5 Å². The molecule has 7 nitrogen and oxygen atoms in total. The van der Waals surface area contributed by atoms with Gasteiger partial charge in [0.2, 0.25) is 5.91 Å². The number of phenols is 1. The van der Waals surface area contributed by atoms with Gasteiger partial charge in [-0.25, -0.2) is 0 Å². The number of carbonyl (C=O) groups is 2. The molecule has 4 aromatic rings. The van der Waals surface area contributed by atoms with E-state index in [-0.39, 0.29) is 17.4 Å². The fraction of sp³-hybridized carbons (Fsp3) is 0.120. The van der Waals surface area contributed by atoms with Crippen LogP contribution in [0, 0.1) is 0 Å². The fourth-order valence-corrected chi connectivity index (χ4v) is 4.06. The van der Waals surface area contributed by atoms with Crippen LogP contribution >= 0.6 is 11.8 Å². The highest BCUT2D eigenvalue weighted by molar-refractivity contribution is 8.00. The van der Waals surface area contributed by atoms with Crippen molar-refractivity contribution in [3.05, 3.63) is 84.4 Å². The average molecular weight is 459 g/mol. The van der Waals surface area contributed by atoms with Crippen LogP contribution in [0.4, 0.5) is 5.69 Å². The van der Waals surface area contributed by atoms with Gasteiger partial charge in [0.05, 0.1) is 5.25 Å².